The minimum absolute atomic E-state index is 0.0524. The molecule has 10 heteroatoms. The average molecular weight is 493 g/mol. The van der Waals surface area contributed by atoms with Gasteiger partial charge in [-0.25, -0.2) is 8.42 Å². The number of carbonyl (C=O) groups excluding carboxylic acids is 1. The summed E-state index contributed by atoms with van der Waals surface area (Å²) >= 11 is 0. The molecule has 3 aromatic carbocycles. The first-order valence-electron chi connectivity index (χ1n) is 10.7. The van der Waals surface area contributed by atoms with Crippen molar-refractivity contribution in [3.8, 4) is 5.75 Å². The van der Waals surface area contributed by atoms with Crippen LogP contribution in [0.15, 0.2) is 65.6 Å². The minimum atomic E-state index is -4.59. The average Bonchev–Trinajstić information content (AvgIpc) is 3.34. The number of amides is 1. The van der Waals surface area contributed by atoms with Crippen molar-refractivity contribution in [3.63, 3.8) is 0 Å². The van der Waals surface area contributed by atoms with E-state index in [2.05, 4.69) is 5.32 Å². The third-order valence-corrected chi connectivity index (χ3v) is 7.44. The number of benzene rings is 3. The monoisotopic (exact) mass is 492 g/mol. The zero-order chi connectivity index (χ0) is 24.3. The Hall–Kier alpha value is -3.11. The van der Waals surface area contributed by atoms with E-state index in [-0.39, 0.29) is 22.8 Å². The maximum Gasteiger partial charge on any atom is 0.422 e. The first kappa shape index (κ1) is 24.0. The van der Waals surface area contributed by atoms with Gasteiger partial charge in [0.2, 0.25) is 15.9 Å². The quantitative estimate of drug-likeness (QED) is 0.517. The Morgan fingerprint density at radius 2 is 1.71 bits per heavy atom. The zero-order valence-electron chi connectivity index (χ0n) is 18.1. The molecule has 0 aliphatic carbocycles. The fraction of sp³-hybridized carbons (Fsp3) is 0.292. The molecule has 0 unspecified atom stereocenters. The molecule has 0 aromatic heterocycles. The highest BCUT2D eigenvalue weighted by Crippen LogP contribution is 2.32. The molecule has 1 aliphatic rings. The van der Waals surface area contributed by atoms with Gasteiger partial charge in [-0.3, -0.25) is 4.79 Å². The van der Waals surface area contributed by atoms with Gasteiger partial charge in [-0.15, -0.1) is 0 Å². The zero-order valence-corrected chi connectivity index (χ0v) is 19.0. The highest BCUT2D eigenvalue weighted by molar-refractivity contribution is 7.89. The number of ether oxygens (including phenoxy) is 1. The molecule has 6 nitrogen and oxygen atoms in total. The molecule has 1 N–H and O–H groups in total. The van der Waals surface area contributed by atoms with Crippen LogP contribution >= 0.6 is 0 Å². The van der Waals surface area contributed by atoms with Crippen LogP contribution in [0.2, 0.25) is 0 Å². The number of sulfonamides is 1. The molecule has 0 bridgehead atoms. The van der Waals surface area contributed by atoms with Gasteiger partial charge in [-0.2, -0.15) is 17.5 Å². The predicted octanol–water partition coefficient (Wildman–Crippen LogP) is 4.75. The fourth-order valence-electron chi connectivity index (χ4n) is 3.94. The summed E-state index contributed by atoms with van der Waals surface area (Å²) in [4.78, 5) is 12.7. The number of hydrogen-bond acceptors (Lipinski definition) is 4. The van der Waals surface area contributed by atoms with Gasteiger partial charge < -0.3 is 10.1 Å². The Morgan fingerprint density at radius 3 is 2.44 bits per heavy atom. The van der Waals surface area contributed by atoms with Gasteiger partial charge in [0.1, 0.15) is 5.75 Å². The van der Waals surface area contributed by atoms with E-state index in [0.717, 1.165) is 41.3 Å². The number of hydrogen-bond donors (Lipinski definition) is 1. The van der Waals surface area contributed by atoms with E-state index in [1.165, 1.54) is 10.4 Å². The maximum absolute atomic E-state index is 12.9. The molecule has 1 heterocycles. The molecule has 1 amide bonds. The summed E-state index contributed by atoms with van der Waals surface area (Å²) in [6.07, 6.45) is -3.17. The fourth-order valence-corrected chi connectivity index (χ4v) is 5.49. The van der Waals surface area contributed by atoms with Crippen molar-refractivity contribution in [2.45, 2.75) is 30.3 Å². The molecular formula is C24H23F3N2O4S. The lowest BCUT2D eigenvalue weighted by atomic mass is 10.0. The molecule has 0 saturated carbocycles. The number of fused-ring (bicyclic) bond motifs is 1. The van der Waals surface area contributed by atoms with Gasteiger partial charge in [-0.05, 0) is 47.4 Å². The molecule has 0 atom stereocenters. The molecule has 180 valence electrons. The Labute approximate surface area is 195 Å². The maximum atomic E-state index is 12.9. The summed E-state index contributed by atoms with van der Waals surface area (Å²) in [6.45, 7) is -0.827. The van der Waals surface area contributed by atoms with E-state index in [9.17, 15) is 26.4 Å². The minimum Gasteiger partial charge on any atom is -0.482 e. The van der Waals surface area contributed by atoms with Crippen molar-refractivity contribution in [1.29, 1.82) is 0 Å². The topological polar surface area (TPSA) is 75.7 Å². The van der Waals surface area contributed by atoms with Crippen LogP contribution in [0.3, 0.4) is 0 Å². The standard InChI is InChI=1S/C24H23F3N2O4S/c25-24(26,27)16-33-22-11-10-19(34(31,32)29-12-3-4-13-29)15-21(22)28-23(30)14-18-8-5-7-17-6-1-2-9-20(17)18/h1-2,5-11,15H,3-4,12-14,16H2,(H,28,30). The number of nitrogens with zero attached hydrogens (tertiary/aromatic N) is 1. The molecule has 0 spiro atoms. The highest BCUT2D eigenvalue weighted by Gasteiger charge is 2.31. The second kappa shape index (κ2) is 9.63. The summed E-state index contributed by atoms with van der Waals surface area (Å²) in [5.41, 5.74) is 0.601. The van der Waals surface area contributed by atoms with E-state index in [0.29, 0.717) is 13.1 Å². The van der Waals surface area contributed by atoms with Gasteiger partial charge >= 0.3 is 6.18 Å². The second-order valence-electron chi connectivity index (χ2n) is 8.04. The Bertz CT molecular complexity index is 1300. The van der Waals surface area contributed by atoms with Crippen LogP contribution in [0.25, 0.3) is 10.8 Å². The van der Waals surface area contributed by atoms with Crippen LogP contribution in [-0.4, -0.2) is 44.5 Å². The van der Waals surface area contributed by atoms with Crippen molar-refractivity contribution in [1.82, 2.24) is 4.31 Å². The van der Waals surface area contributed by atoms with Gasteiger partial charge in [0.25, 0.3) is 0 Å². The Kier molecular flexibility index (Phi) is 6.81. The number of carbonyl (C=O) groups is 1. The normalized spacial score (nSPS) is 14.9. The molecule has 1 aliphatic heterocycles. The van der Waals surface area contributed by atoms with Crippen LogP contribution in [-0.2, 0) is 21.2 Å². The van der Waals surface area contributed by atoms with E-state index in [4.69, 9.17) is 4.74 Å². The summed E-state index contributed by atoms with van der Waals surface area (Å²) in [5.74, 6) is -0.770. The Balaban J connectivity index is 1.62. The number of anilines is 1. The Morgan fingerprint density at radius 1 is 1.00 bits per heavy atom. The van der Waals surface area contributed by atoms with Crippen molar-refractivity contribution in [2.24, 2.45) is 0 Å². The largest absolute Gasteiger partial charge is 0.482 e. The van der Waals surface area contributed by atoms with Crippen molar-refractivity contribution in [3.05, 3.63) is 66.2 Å². The lowest BCUT2D eigenvalue weighted by Crippen LogP contribution is -2.28. The summed E-state index contributed by atoms with van der Waals surface area (Å²) in [6, 6.07) is 16.5. The number of alkyl halides is 3. The van der Waals surface area contributed by atoms with Gasteiger partial charge in [0.15, 0.2) is 6.61 Å². The molecule has 0 radical (unpaired) electrons. The molecule has 1 saturated heterocycles. The molecule has 34 heavy (non-hydrogen) atoms. The molecule has 1 fully saturated rings. The van der Waals surface area contributed by atoms with E-state index >= 15 is 0 Å². The summed E-state index contributed by atoms with van der Waals surface area (Å²) in [5, 5.41) is 4.37. The van der Waals surface area contributed by atoms with Gasteiger partial charge in [-0.1, -0.05) is 42.5 Å². The van der Waals surface area contributed by atoms with Gasteiger partial charge in [0, 0.05) is 13.1 Å². The molecule has 3 aromatic rings. The van der Waals surface area contributed by atoms with E-state index in [1.54, 1.807) is 6.07 Å². The number of halogens is 3. The van der Waals surface area contributed by atoms with Crippen LogP contribution in [0, 0.1) is 0 Å². The number of nitrogens with one attached hydrogen (secondary N) is 1. The predicted molar refractivity (Wildman–Crippen MR) is 122 cm³/mol. The van der Waals surface area contributed by atoms with Crippen LogP contribution in [0.4, 0.5) is 18.9 Å². The van der Waals surface area contributed by atoms with Crippen molar-refractivity contribution >= 4 is 32.4 Å². The summed E-state index contributed by atoms with van der Waals surface area (Å²) in [7, 11) is -3.84. The van der Waals surface area contributed by atoms with Crippen LogP contribution in [0.1, 0.15) is 18.4 Å². The first-order valence-corrected chi connectivity index (χ1v) is 12.2. The van der Waals surface area contributed by atoms with E-state index in [1.807, 2.05) is 36.4 Å². The third-order valence-electron chi connectivity index (χ3n) is 5.55. The third kappa shape index (κ3) is 5.51. The number of rotatable bonds is 7. The van der Waals surface area contributed by atoms with Gasteiger partial charge in [0.05, 0.1) is 17.0 Å². The van der Waals surface area contributed by atoms with Crippen LogP contribution in [0.5, 0.6) is 5.75 Å². The highest BCUT2D eigenvalue weighted by atomic mass is 32.2. The van der Waals surface area contributed by atoms with Crippen LogP contribution < -0.4 is 10.1 Å². The molecular weight excluding hydrogens is 469 g/mol. The molecule has 4 rings (SSSR count). The van der Waals surface area contributed by atoms with Crippen molar-refractivity contribution < 1.29 is 31.1 Å². The van der Waals surface area contributed by atoms with Crippen molar-refractivity contribution in [2.75, 3.05) is 25.0 Å². The lowest BCUT2D eigenvalue weighted by molar-refractivity contribution is -0.153. The lowest BCUT2D eigenvalue weighted by Gasteiger charge is -2.18. The first-order chi connectivity index (χ1) is 16.1. The smallest absolute Gasteiger partial charge is 0.422 e. The SMILES string of the molecule is O=C(Cc1cccc2ccccc12)Nc1cc(S(=O)(=O)N2CCCC2)ccc1OCC(F)(F)F. The summed E-state index contributed by atoms with van der Waals surface area (Å²) < 4.78 is 70.2. The second-order valence-corrected chi connectivity index (χ2v) is 9.97. The van der Waals surface area contributed by atoms with E-state index < -0.39 is 28.7 Å².